The summed E-state index contributed by atoms with van der Waals surface area (Å²) in [5, 5.41) is 14.0. The number of carboxylic acids is 1. The smallest absolute Gasteiger partial charge is 0.319 e. The summed E-state index contributed by atoms with van der Waals surface area (Å²) in [6.45, 7) is 0.438. The average Bonchev–Trinajstić information content (AvgIpc) is 2.37. The Bertz CT molecular complexity index is 517. The summed E-state index contributed by atoms with van der Waals surface area (Å²) < 4.78 is 0. The molecule has 0 fully saturated rings. The molecule has 1 aromatic rings. The summed E-state index contributed by atoms with van der Waals surface area (Å²) in [5.74, 6) is -1.28. The maximum Gasteiger partial charge on any atom is 0.319 e. The minimum atomic E-state index is -0.925. The van der Waals surface area contributed by atoms with E-state index in [1.807, 2.05) is 0 Å². The fourth-order valence-electron chi connectivity index (χ4n) is 1.74. The molecule has 0 aliphatic rings. The predicted octanol–water partition coefficient (Wildman–Crippen LogP) is 1.09. The fourth-order valence-corrected chi connectivity index (χ4v) is 1.74. The van der Waals surface area contributed by atoms with Gasteiger partial charge in [0.05, 0.1) is 6.42 Å². The molecule has 7 heteroatoms. The average molecular weight is 293 g/mol. The Kier molecular flexibility index (Phi) is 6.73. The van der Waals surface area contributed by atoms with Gasteiger partial charge in [0, 0.05) is 18.7 Å². The van der Waals surface area contributed by atoms with E-state index in [9.17, 15) is 14.4 Å². The van der Waals surface area contributed by atoms with Crippen LogP contribution in [-0.2, 0) is 16.0 Å². The molecule has 114 valence electrons. The molecule has 0 aliphatic carbocycles. The lowest BCUT2D eigenvalue weighted by atomic mass is 10.1. The lowest BCUT2D eigenvalue weighted by molar-refractivity contribution is -0.136. The van der Waals surface area contributed by atoms with Crippen molar-refractivity contribution in [2.24, 2.45) is 5.73 Å². The van der Waals surface area contributed by atoms with Gasteiger partial charge in [0.2, 0.25) is 5.91 Å². The third-order valence-electron chi connectivity index (χ3n) is 2.68. The van der Waals surface area contributed by atoms with Crippen molar-refractivity contribution in [1.29, 1.82) is 0 Å². The summed E-state index contributed by atoms with van der Waals surface area (Å²) in [7, 11) is 0. The Balaban J connectivity index is 2.34. The van der Waals surface area contributed by atoms with Crippen LogP contribution in [0.2, 0.25) is 0 Å². The number of benzene rings is 1. The Morgan fingerprint density at radius 3 is 2.62 bits per heavy atom. The number of hydrogen-bond donors (Lipinski definition) is 4. The number of nitrogens with two attached hydrogens (primary N) is 1. The number of aliphatic carboxylic acids is 1. The molecule has 0 aliphatic heterocycles. The molecule has 7 nitrogen and oxygen atoms in total. The molecular weight excluding hydrogens is 274 g/mol. The van der Waals surface area contributed by atoms with Crippen molar-refractivity contribution in [2.45, 2.75) is 25.7 Å². The van der Waals surface area contributed by atoms with Gasteiger partial charge in [-0.15, -0.1) is 0 Å². The Morgan fingerprint density at radius 2 is 1.95 bits per heavy atom. The van der Waals surface area contributed by atoms with Gasteiger partial charge >= 0.3 is 12.0 Å². The second-order valence-electron chi connectivity index (χ2n) is 4.58. The number of anilines is 1. The van der Waals surface area contributed by atoms with E-state index >= 15 is 0 Å². The normalized spacial score (nSPS) is 9.90. The molecule has 0 unspecified atom stereocenters. The largest absolute Gasteiger partial charge is 0.481 e. The predicted molar refractivity (Wildman–Crippen MR) is 77.8 cm³/mol. The Hall–Kier alpha value is -2.57. The van der Waals surface area contributed by atoms with E-state index in [2.05, 4.69) is 10.6 Å². The van der Waals surface area contributed by atoms with Gasteiger partial charge in [0.1, 0.15) is 0 Å². The van der Waals surface area contributed by atoms with Gasteiger partial charge in [-0.3, -0.25) is 9.59 Å². The van der Waals surface area contributed by atoms with Crippen LogP contribution in [0.1, 0.15) is 24.8 Å². The van der Waals surface area contributed by atoms with E-state index in [0.29, 0.717) is 37.1 Å². The zero-order valence-corrected chi connectivity index (χ0v) is 11.6. The molecule has 0 heterocycles. The van der Waals surface area contributed by atoms with Gasteiger partial charge in [-0.2, -0.15) is 0 Å². The van der Waals surface area contributed by atoms with Crippen molar-refractivity contribution < 1.29 is 19.5 Å². The minimum Gasteiger partial charge on any atom is -0.481 e. The van der Waals surface area contributed by atoms with E-state index in [-0.39, 0.29) is 18.4 Å². The van der Waals surface area contributed by atoms with Crippen molar-refractivity contribution in [1.82, 2.24) is 5.32 Å². The summed E-state index contributed by atoms with van der Waals surface area (Å²) in [5.41, 5.74) is 6.15. The van der Waals surface area contributed by atoms with E-state index in [1.165, 1.54) is 0 Å². The third kappa shape index (κ3) is 7.56. The number of primary amides is 1. The molecule has 0 atom stereocenters. The highest BCUT2D eigenvalue weighted by Gasteiger charge is 2.04. The highest BCUT2D eigenvalue weighted by molar-refractivity contribution is 5.89. The number of hydrogen-bond acceptors (Lipinski definition) is 3. The number of rotatable bonds is 8. The van der Waals surface area contributed by atoms with Crippen LogP contribution in [0, 0.1) is 0 Å². The Morgan fingerprint density at radius 1 is 1.19 bits per heavy atom. The van der Waals surface area contributed by atoms with E-state index in [4.69, 9.17) is 10.8 Å². The molecule has 5 N–H and O–H groups in total. The topological polar surface area (TPSA) is 122 Å². The number of nitrogens with one attached hydrogen (secondary N) is 2. The monoisotopic (exact) mass is 293 g/mol. The molecule has 0 saturated carbocycles. The molecule has 1 aromatic carbocycles. The lowest BCUT2D eigenvalue weighted by Crippen LogP contribution is -2.29. The zero-order chi connectivity index (χ0) is 15.7. The fraction of sp³-hybridized carbons (Fsp3) is 0.357. The van der Waals surface area contributed by atoms with Crippen LogP contribution in [0.15, 0.2) is 24.3 Å². The first-order valence-corrected chi connectivity index (χ1v) is 6.61. The second-order valence-corrected chi connectivity index (χ2v) is 4.58. The van der Waals surface area contributed by atoms with Gasteiger partial charge in [-0.25, -0.2) is 4.79 Å². The number of urea groups is 1. The summed E-state index contributed by atoms with van der Waals surface area (Å²) in [6, 6.07) is 6.28. The van der Waals surface area contributed by atoms with Gasteiger partial charge in [0.25, 0.3) is 0 Å². The van der Waals surface area contributed by atoms with E-state index < -0.39 is 5.97 Å². The van der Waals surface area contributed by atoms with Gasteiger partial charge in [0.15, 0.2) is 0 Å². The summed E-state index contributed by atoms with van der Waals surface area (Å²) in [4.78, 5) is 32.8. The van der Waals surface area contributed by atoms with Gasteiger partial charge in [-0.05, 0) is 30.5 Å². The van der Waals surface area contributed by atoms with Crippen LogP contribution in [0.4, 0.5) is 10.5 Å². The third-order valence-corrected chi connectivity index (χ3v) is 2.68. The molecule has 3 amide bonds. The maximum atomic E-state index is 11.6. The van der Waals surface area contributed by atoms with Crippen LogP contribution in [-0.4, -0.2) is 29.6 Å². The van der Waals surface area contributed by atoms with Crippen molar-refractivity contribution >= 4 is 23.6 Å². The molecule has 1 rings (SSSR count). The maximum absolute atomic E-state index is 11.6. The highest BCUT2D eigenvalue weighted by Crippen LogP contribution is 2.11. The first-order chi connectivity index (χ1) is 9.97. The standard InChI is InChI=1S/C14H19N3O4/c15-12(18)6-1-2-7-16-14(21)17-11-5-3-4-10(8-11)9-13(19)20/h3-5,8H,1-2,6-7,9H2,(H2,15,18)(H,19,20)(H2,16,17,21). The quantitative estimate of drug-likeness (QED) is 0.536. The molecule has 21 heavy (non-hydrogen) atoms. The summed E-state index contributed by atoms with van der Waals surface area (Å²) >= 11 is 0. The van der Waals surface area contributed by atoms with Crippen LogP contribution >= 0.6 is 0 Å². The van der Waals surface area contributed by atoms with Crippen molar-refractivity contribution in [3.05, 3.63) is 29.8 Å². The van der Waals surface area contributed by atoms with Crippen LogP contribution in [0.25, 0.3) is 0 Å². The van der Waals surface area contributed by atoms with Crippen molar-refractivity contribution in [3.63, 3.8) is 0 Å². The van der Waals surface area contributed by atoms with Crippen molar-refractivity contribution in [2.75, 3.05) is 11.9 Å². The first kappa shape index (κ1) is 16.5. The van der Waals surface area contributed by atoms with Crippen LogP contribution in [0.3, 0.4) is 0 Å². The molecule has 0 spiro atoms. The summed E-state index contributed by atoms with van der Waals surface area (Å²) in [6.07, 6.45) is 1.50. The lowest BCUT2D eigenvalue weighted by Gasteiger charge is -2.08. The first-order valence-electron chi connectivity index (χ1n) is 6.61. The van der Waals surface area contributed by atoms with Gasteiger partial charge in [-0.1, -0.05) is 12.1 Å². The van der Waals surface area contributed by atoms with E-state index in [0.717, 1.165) is 0 Å². The number of carboxylic acid groups (broad SMARTS) is 1. The molecule has 0 bridgehead atoms. The van der Waals surface area contributed by atoms with Crippen LogP contribution < -0.4 is 16.4 Å². The minimum absolute atomic E-state index is 0.0930. The number of amides is 3. The van der Waals surface area contributed by atoms with Crippen molar-refractivity contribution in [3.8, 4) is 0 Å². The second kappa shape index (κ2) is 8.57. The SMILES string of the molecule is NC(=O)CCCCNC(=O)Nc1cccc(CC(=O)O)c1. The molecule has 0 radical (unpaired) electrons. The zero-order valence-electron chi connectivity index (χ0n) is 11.6. The molecular formula is C14H19N3O4. The highest BCUT2D eigenvalue weighted by atomic mass is 16.4. The molecule has 0 aromatic heterocycles. The van der Waals surface area contributed by atoms with Crippen LogP contribution in [0.5, 0.6) is 0 Å². The number of carbonyl (C=O) groups excluding carboxylic acids is 2. The number of unbranched alkanes of at least 4 members (excludes halogenated alkanes) is 1. The van der Waals surface area contributed by atoms with Gasteiger partial charge < -0.3 is 21.5 Å². The molecule has 0 saturated heterocycles. The van der Waals surface area contributed by atoms with E-state index in [1.54, 1.807) is 24.3 Å². The Labute approximate surface area is 122 Å². The number of carbonyl (C=O) groups is 3.